The van der Waals surface area contributed by atoms with E-state index in [9.17, 15) is 9.59 Å². The molecule has 0 fully saturated rings. The molecule has 1 atom stereocenters. The second kappa shape index (κ2) is 6.95. The van der Waals surface area contributed by atoms with E-state index in [4.69, 9.17) is 0 Å². The molecule has 0 N–H and O–H groups in total. The summed E-state index contributed by atoms with van der Waals surface area (Å²) in [6, 6.07) is 18.2. The summed E-state index contributed by atoms with van der Waals surface area (Å²) in [5.41, 5.74) is 1.32. The minimum Gasteiger partial charge on any atom is -0.308 e. The first-order chi connectivity index (χ1) is 10.1. The highest BCUT2D eigenvalue weighted by atomic mass is 16.2. The molecule has 0 aliphatic heterocycles. The topological polar surface area (TPSA) is 37.4 Å². The average molecular weight is 281 g/mol. The fraction of sp³-hybridized carbons (Fsp3) is 0.222. The lowest BCUT2D eigenvalue weighted by Crippen LogP contribution is -2.30. The molecule has 0 aliphatic rings. The van der Waals surface area contributed by atoms with Crippen molar-refractivity contribution in [3.05, 3.63) is 71.8 Å². The largest absolute Gasteiger partial charge is 0.308 e. The van der Waals surface area contributed by atoms with E-state index < -0.39 is 11.7 Å². The Morgan fingerprint density at radius 3 is 1.95 bits per heavy atom. The minimum atomic E-state index is -0.436. The van der Waals surface area contributed by atoms with Crippen LogP contribution in [-0.2, 0) is 4.79 Å². The van der Waals surface area contributed by atoms with E-state index in [0.29, 0.717) is 12.1 Å². The Morgan fingerprint density at radius 2 is 1.43 bits per heavy atom. The minimum absolute atomic E-state index is 0.360. The number of carbonyl (C=O) groups is 2. The van der Waals surface area contributed by atoms with E-state index in [1.807, 2.05) is 55.4 Å². The van der Waals surface area contributed by atoms with Gasteiger partial charge in [0.2, 0.25) is 11.6 Å². The number of Topliss-reactive ketones (excluding diaryl/α,β-unsaturated/α-hetero) is 2. The van der Waals surface area contributed by atoms with Crippen LogP contribution in [0.4, 0.5) is 0 Å². The predicted molar refractivity (Wildman–Crippen MR) is 83.5 cm³/mol. The summed E-state index contributed by atoms with van der Waals surface area (Å²) in [5, 5.41) is 0. The third-order valence-electron chi connectivity index (χ3n) is 3.33. The zero-order valence-electron chi connectivity index (χ0n) is 12.3. The van der Waals surface area contributed by atoms with Gasteiger partial charge >= 0.3 is 0 Å². The summed E-state index contributed by atoms with van der Waals surface area (Å²) in [5.74, 6) is -1.22. The second-order valence-corrected chi connectivity index (χ2v) is 5.28. The van der Waals surface area contributed by atoms with Crippen molar-refractivity contribution in [3.63, 3.8) is 0 Å². The highest BCUT2D eigenvalue weighted by Gasteiger charge is 2.27. The van der Waals surface area contributed by atoms with Crippen molar-refractivity contribution in [2.45, 2.75) is 5.92 Å². The third kappa shape index (κ3) is 3.86. The van der Waals surface area contributed by atoms with Gasteiger partial charge in [-0.3, -0.25) is 9.59 Å². The van der Waals surface area contributed by atoms with Crippen molar-refractivity contribution >= 4 is 11.6 Å². The van der Waals surface area contributed by atoms with Crippen molar-refractivity contribution in [1.82, 2.24) is 4.90 Å². The summed E-state index contributed by atoms with van der Waals surface area (Å²) in [6.07, 6.45) is 0. The Kier molecular flexibility index (Phi) is 5.01. The number of hydrogen-bond acceptors (Lipinski definition) is 3. The zero-order chi connectivity index (χ0) is 15.2. The van der Waals surface area contributed by atoms with Gasteiger partial charge in [-0.15, -0.1) is 0 Å². The Hall–Kier alpha value is -2.26. The van der Waals surface area contributed by atoms with Crippen LogP contribution in [0.15, 0.2) is 60.7 Å². The van der Waals surface area contributed by atoms with Crippen molar-refractivity contribution in [2.75, 3.05) is 20.6 Å². The Labute approximate surface area is 125 Å². The smallest absolute Gasteiger partial charge is 0.229 e. The highest BCUT2D eigenvalue weighted by Crippen LogP contribution is 2.19. The van der Waals surface area contributed by atoms with Crippen LogP contribution in [-0.4, -0.2) is 37.1 Å². The quantitative estimate of drug-likeness (QED) is 0.603. The lowest BCUT2D eigenvalue weighted by atomic mass is 9.90. The van der Waals surface area contributed by atoms with E-state index in [-0.39, 0.29) is 5.78 Å². The van der Waals surface area contributed by atoms with Crippen LogP contribution in [0, 0.1) is 0 Å². The maximum atomic E-state index is 12.6. The van der Waals surface area contributed by atoms with E-state index in [2.05, 4.69) is 0 Å². The second-order valence-electron chi connectivity index (χ2n) is 5.28. The van der Waals surface area contributed by atoms with Gasteiger partial charge in [-0.05, 0) is 19.7 Å². The first-order valence-electron chi connectivity index (χ1n) is 6.93. The standard InChI is InChI=1S/C18H19NO2/c1-19(2)13-16(14-9-5-3-6-10-14)18(21)17(20)15-11-7-4-8-12-15/h3-12,16H,13H2,1-2H3. The number of benzene rings is 2. The molecular formula is C18H19NO2. The molecule has 0 spiro atoms. The van der Waals surface area contributed by atoms with Gasteiger partial charge in [-0.1, -0.05) is 60.7 Å². The van der Waals surface area contributed by atoms with Crippen LogP contribution in [0.3, 0.4) is 0 Å². The molecule has 0 heterocycles. The lowest BCUT2D eigenvalue weighted by molar-refractivity contribution is -0.116. The van der Waals surface area contributed by atoms with Crippen LogP contribution in [0.5, 0.6) is 0 Å². The first-order valence-corrected chi connectivity index (χ1v) is 6.93. The number of carbonyl (C=O) groups excluding carboxylic acids is 2. The number of hydrogen-bond donors (Lipinski definition) is 0. The van der Waals surface area contributed by atoms with E-state index in [0.717, 1.165) is 5.56 Å². The molecule has 0 saturated carbocycles. The fourth-order valence-corrected chi connectivity index (χ4v) is 2.28. The molecule has 0 radical (unpaired) electrons. The lowest BCUT2D eigenvalue weighted by Gasteiger charge is -2.19. The number of ketones is 2. The average Bonchev–Trinajstić information content (AvgIpc) is 2.53. The fourth-order valence-electron chi connectivity index (χ4n) is 2.28. The molecule has 0 bridgehead atoms. The molecule has 0 aromatic heterocycles. The zero-order valence-corrected chi connectivity index (χ0v) is 12.3. The van der Waals surface area contributed by atoms with Crippen LogP contribution < -0.4 is 0 Å². The van der Waals surface area contributed by atoms with Crippen LogP contribution in [0.25, 0.3) is 0 Å². The van der Waals surface area contributed by atoms with Gasteiger partial charge < -0.3 is 4.90 Å². The number of likely N-dealkylation sites (N-methyl/N-ethyl adjacent to an activating group) is 1. The van der Waals surface area contributed by atoms with Crippen molar-refractivity contribution < 1.29 is 9.59 Å². The molecule has 1 unspecified atom stereocenters. The molecule has 0 saturated heterocycles. The van der Waals surface area contributed by atoms with Gasteiger partial charge in [0.25, 0.3) is 0 Å². The molecule has 0 aliphatic carbocycles. The van der Waals surface area contributed by atoms with Gasteiger partial charge in [-0.2, -0.15) is 0 Å². The normalized spacial score (nSPS) is 12.1. The molecule has 108 valence electrons. The van der Waals surface area contributed by atoms with Crippen molar-refractivity contribution in [1.29, 1.82) is 0 Å². The first kappa shape index (κ1) is 15.1. The Morgan fingerprint density at radius 1 is 0.905 bits per heavy atom. The number of nitrogens with zero attached hydrogens (tertiary/aromatic N) is 1. The van der Waals surface area contributed by atoms with Crippen LogP contribution in [0.1, 0.15) is 21.8 Å². The SMILES string of the molecule is CN(C)CC(C(=O)C(=O)c1ccccc1)c1ccccc1. The van der Waals surface area contributed by atoms with Gasteiger partial charge in [0.1, 0.15) is 0 Å². The summed E-state index contributed by atoms with van der Waals surface area (Å²) in [4.78, 5) is 26.9. The summed E-state index contributed by atoms with van der Waals surface area (Å²) in [7, 11) is 3.80. The van der Waals surface area contributed by atoms with E-state index in [1.165, 1.54) is 0 Å². The monoisotopic (exact) mass is 281 g/mol. The molecular weight excluding hydrogens is 262 g/mol. The summed E-state index contributed by atoms with van der Waals surface area (Å²) < 4.78 is 0. The maximum absolute atomic E-state index is 12.6. The van der Waals surface area contributed by atoms with E-state index in [1.54, 1.807) is 24.3 Å². The van der Waals surface area contributed by atoms with Crippen LogP contribution >= 0.6 is 0 Å². The predicted octanol–water partition coefficient (Wildman–Crippen LogP) is 2.78. The molecule has 21 heavy (non-hydrogen) atoms. The molecule has 3 nitrogen and oxygen atoms in total. The summed E-state index contributed by atoms with van der Waals surface area (Å²) >= 11 is 0. The Balaban J connectivity index is 2.29. The molecule has 2 aromatic rings. The third-order valence-corrected chi connectivity index (χ3v) is 3.33. The van der Waals surface area contributed by atoms with Gasteiger partial charge in [-0.25, -0.2) is 0 Å². The number of rotatable bonds is 6. The van der Waals surface area contributed by atoms with Gasteiger partial charge in [0.05, 0.1) is 5.92 Å². The van der Waals surface area contributed by atoms with E-state index >= 15 is 0 Å². The van der Waals surface area contributed by atoms with Crippen molar-refractivity contribution in [2.24, 2.45) is 0 Å². The van der Waals surface area contributed by atoms with Crippen LogP contribution in [0.2, 0.25) is 0 Å². The molecule has 3 heteroatoms. The molecule has 0 amide bonds. The molecule has 2 aromatic carbocycles. The van der Waals surface area contributed by atoms with Crippen molar-refractivity contribution in [3.8, 4) is 0 Å². The van der Waals surface area contributed by atoms with Gasteiger partial charge in [0.15, 0.2) is 0 Å². The highest BCUT2D eigenvalue weighted by molar-refractivity contribution is 6.45. The maximum Gasteiger partial charge on any atom is 0.229 e. The Bertz CT molecular complexity index is 606. The molecule has 2 rings (SSSR count). The van der Waals surface area contributed by atoms with Gasteiger partial charge in [0, 0.05) is 12.1 Å². The summed E-state index contributed by atoms with van der Waals surface area (Å²) in [6.45, 7) is 0.515.